The molecule has 4 heteroatoms. The van der Waals surface area contributed by atoms with Crippen LogP contribution in [0.2, 0.25) is 0 Å². The van der Waals surface area contributed by atoms with E-state index in [4.69, 9.17) is 9.47 Å². The summed E-state index contributed by atoms with van der Waals surface area (Å²) in [6.07, 6.45) is 0. The van der Waals surface area contributed by atoms with E-state index in [0.717, 1.165) is 50.1 Å². The summed E-state index contributed by atoms with van der Waals surface area (Å²) in [5, 5.41) is 21.8. The second kappa shape index (κ2) is 6.20. The third-order valence-corrected chi connectivity index (χ3v) is 5.19. The van der Waals surface area contributed by atoms with Crippen molar-refractivity contribution >= 4 is 10.8 Å². The van der Waals surface area contributed by atoms with Gasteiger partial charge in [-0.3, -0.25) is 0 Å². The monoisotopic (exact) mass is 370 g/mol. The van der Waals surface area contributed by atoms with E-state index in [1.54, 1.807) is 31.4 Å². The van der Waals surface area contributed by atoms with Crippen LogP contribution in [0.15, 0.2) is 66.7 Å². The highest BCUT2D eigenvalue weighted by Crippen LogP contribution is 2.49. The second-order valence-corrected chi connectivity index (χ2v) is 6.90. The number of ether oxygens (including phenoxy) is 2. The van der Waals surface area contributed by atoms with Crippen molar-refractivity contribution in [3.05, 3.63) is 72.3 Å². The molecular weight excluding hydrogens is 352 g/mol. The highest BCUT2D eigenvalue weighted by molar-refractivity contribution is 6.05. The average molecular weight is 370 g/mol. The molecule has 5 rings (SSSR count). The Balaban J connectivity index is 1.88. The zero-order valence-corrected chi connectivity index (χ0v) is 15.3. The zero-order chi connectivity index (χ0) is 19.3. The maximum Gasteiger partial charge on any atom is 0.136 e. The van der Waals surface area contributed by atoms with Crippen LogP contribution >= 0.6 is 0 Å². The Morgan fingerprint density at radius 1 is 0.857 bits per heavy atom. The van der Waals surface area contributed by atoms with Gasteiger partial charge in [0, 0.05) is 16.7 Å². The van der Waals surface area contributed by atoms with E-state index in [1.807, 2.05) is 36.4 Å². The molecule has 0 aromatic heterocycles. The van der Waals surface area contributed by atoms with E-state index in [0.29, 0.717) is 6.61 Å². The third-order valence-electron chi connectivity index (χ3n) is 5.19. The smallest absolute Gasteiger partial charge is 0.136 e. The SMILES string of the molecule is COc1cccc(-c2c3c(cc4ccc(O)cc24)-c2ccc(O)cc2CO3)c1. The molecule has 1 heterocycles. The molecule has 0 amide bonds. The first kappa shape index (κ1) is 16.5. The fourth-order valence-electron chi connectivity index (χ4n) is 3.89. The van der Waals surface area contributed by atoms with Crippen molar-refractivity contribution in [1.82, 2.24) is 0 Å². The van der Waals surface area contributed by atoms with Crippen LogP contribution in [-0.2, 0) is 6.61 Å². The molecule has 4 aromatic rings. The summed E-state index contributed by atoms with van der Waals surface area (Å²) in [5.41, 5.74) is 4.83. The lowest BCUT2D eigenvalue weighted by atomic mass is 9.88. The predicted octanol–water partition coefficient (Wildman–Crippen LogP) is 5.49. The van der Waals surface area contributed by atoms with Gasteiger partial charge in [0.25, 0.3) is 0 Å². The molecule has 28 heavy (non-hydrogen) atoms. The molecule has 0 saturated heterocycles. The number of fused-ring (bicyclic) bond motifs is 4. The van der Waals surface area contributed by atoms with Gasteiger partial charge in [-0.05, 0) is 64.4 Å². The molecule has 4 aromatic carbocycles. The maximum absolute atomic E-state index is 10.1. The molecule has 0 fully saturated rings. The van der Waals surface area contributed by atoms with Gasteiger partial charge < -0.3 is 19.7 Å². The molecule has 0 unspecified atom stereocenters. The summed E-state index contributed by atoms with van der Waals surface area (Å²) < 4.78 is 11.6. The minimum Gasteiger partial charge on any atom is -0.508 e. The van der Waals surface area contributed by atoms with Gasteiger partial charge in [0.2, 0.25) is 0 Å². The Morgan fingerprint density at radius 3 is 2.54 bits per heavy atom. The molecule has 0 radical (unpaired) electrons. The van der Waals surface area contributed by atoms with E-state index in [-0.39, 0.29) is 11.5 Å². The Kier molecular flexibility index (Phi) is 3.66. The van der Waals surface area contributed by atoms with Gasteiger partial charge in [-0.2, -0.15) is 0 Å². The fourth-order valence-corrected chi connectivity index (χ4v) is 3.89. The molecule has 0 aliphatic carbocycles. The zero-order valence-electron chi connectivity index (χ0n) is 15.3. The van der Waals surface area contributed by atoms with Crippen molar-refractivity contribution in [2.45, 2.75) is 6.61 Å². The lowest BCUT2D eigenvalue weighted by Crippen LogP contribution is -2.07. The molecule has 0 spiro atoms. The summed E-state index contributed by atoms with van der Waals surface area (Å²) >= 11 is 0. The highest BCUT2D eigenvalue weighted by atomic mass is 16.5. The predicted molar refractivity (Wildman–Crippen MR) is 109 cm³/mol. The van der Waals surface area contributed by atoms with E-state index in [2.05, 4.69) is 6.07 Å². The molecule has 1 aliphatic rings. The van der Waals surface area contributed by atoms with Gasteiger partial charge in [-0.15, -0.1) is 0 Å². The molecular formula is C24H18O4. The van der Waals surface area contributed by atoms with E-state index < -0.39 is 0 Å². The van der Waals surface area contributed by atoms with Gasteiger partial charge in [0.1, 0.15) is 29.6 Å². The fraction of sp³-hybridized carbons (Fsp3) is 0.0833. The van der Waals surface area contributed by atoms with Crippen molar-refractivity contribution in [3.8, 4) is 45.3 Å². The number of phenolic OH excluding ortho intramolecular Hbond substituents is 2. The lowest BCUT2D eigenvalue weighted by molar-refractivity contribution is 0.303. The number of hydrogen-bond acceptors (Lipinski definition) is 4. The van der Waals surface area contributed by atoms with Gasteiger partial charge in [0.15, 0.2) is 0 Å². The third kappa shape index (κ3) is 2.54. The lowest BCUT2D eigenvalue weighted by Gasteiger charge is -2.25. The van der Waals surface area contributed by atoms with Crippen LogP contribution in [0.3, 0.4) is 0 Å². The summed E-state index contributed by atoms with van der Waals surface area (Å²) in [7, 11) is 1.64. The number of benzene rings is 4. The van der Waals surface area contributed by atoms with Gasteiger partial charge in [-0.25, -0.2) is 0 Å². The first-order valence-electron chi connectivity index (χ1n) is 9.03. The average Bonchev–Trinajstić information content (AvgIpc) is 2.71. The van der Waals surface area contributed by atoms with E-state index in [1.165, 1.54) is 0 Å². The van der Waals surface area contributed by atoms with Crippen LogP contribution in [0.1, 0.15) is 5.56 Å². The Labute approximate surface area is 162 Å². The second-order valence-electron chi connectivity index (χ2n) is 6.90. The van der Waals surface area contributed by atoms with Crippen molar-refractivity contribution in [2.24, 2.45) is 0 Å². The van der Waals surface area contributed by atoms with Crippen LogP contribution in [0, 0.1) is 0 Å². The van der Waals surface area contributed by atoms with E-state index in [9.17, 15) is 10.2 Å². The molecule has 2 N–H and O–H groups in total. The van der Waals surface area contributed by atoms with Crippen LogP contribution in [0.4, 0.5) is 0 Å². The Hall–Kier alpha value is -3.66. The molecule has 0 bridgehead atoms. The highest BCUT2D eigenvalue weighted by Gasteiger charge is 2.24. The first-order chi connectivity index (χ1) is 13.6. The topological polar surface area (TPSA) is 58.9 Å². The summed E-state index contributed by atoms with van der Waals surface area (Å²) in [6.45, 7) is 0.373. The van der Waals surface area contributed by atoms with Gasteiger partial charge in [0.05, 0.1) is 7.11 Å². The Bertz CT molecular complexity index is 1230. The molecule has 0 saturated carbocycles. The summed E-state index contributed by atoms with van der Waals surface area (Å²) in [5.74, 6) is 1.95. The maximum atomic E-state index is 10.1. The van der Waals surface area contributed by atoms with Crippen molar-refractivity contribution < 1.29 is 19.7 Å². The van der Waals surface area contributed by atoms with Crippen LogP contribution in [-0.4, -0.2) is 17.3 Å². The number of phenols is 2. The van der Waals surface area contributed by atoms with Gasteiger partial charge >= 0.3 is 0 Å². The largest absolute Gasteiger partial charge is 0.508 e. The summed E-state index contributed by atoms with van der Waals surface area (Å²) in [4.78, 5) is 0. The molecule has 0 atom stereocenters. The molecule has 4 nitrogen and oxygen atoms in total. The van der Waals surface area contributed by atoms with E-state index >= 15 is 0 Å². The number of methoxy groups -OCH3 is 1. The van der Waals surface area contributed by atoms with Crippen molar-refractivity contribution in [3.63, 3.8) is 0 Å². The minimum absolute atomic E-state index is 0.206. The Morgan fingerprint density at radius 2 is 1.68 bits per heavy atom. The van der Waals surface area contributed by atoms with Crippen molar-refractivity contribution in [1.29, 1.82) is 0 Å². The number of hydrogen-bond donors (Lipinski definition) is 2. The van der Waals surface area contributed by atoms with Crippen LogP contribution in [0.25, 0.3) is 33.0 Å². The van der Waals surface area contributed by atoms with Crippen LogP contribution < -0.4 is 9.47 Å². The van der Waals surface area contributed by atoms with Gasteiger partial charge in [-0.1, -0.05) is 24.3 Å². The standard InChI is InChI=1S/C24H18O4/c1-27-19-4-2-3-15(10-19)23-21-12-18(26)6-5-14(21)11-22-20-8-7-17(25)9-16(20)13-28-24(22)23/h2-12,25-26H,13H2,1H3. The summed E-state index contributed by atoms with van der Waals surface area (Å²) in [6, 6.07) is 20.6. The minimum atomic E-state index is 0.206. The number of rotatable bonds is 2. The van der Waals surface area contributed by atoms with Crippen LogP contribution in [0.5, 0.6) is 23.0 Å². The number of aromatic hydroxyl groups is 2. The normalized spacial score (nSPS) is 12.2. The molecule has 1 aliphatic heterocycles. The first-order valence-corrected chi connectivity index (χ1v) is 9.03. The van der Waals surface area contributed by atoms with Crippen molar-refractivity contribution in [2.75, 3.05) is 7.11 Å². The molecule has 138 valence electrons. The quantitative estimate of drug-likeness (QED) is 0.490.